The van der Waals surface area contributed by atoms with Gasteiger partial charge in [-0.15, -0.1) is 0 Å². The van der Waals surface area contributed by atoms with E-state index in [1.807, 2.05) is 24.3 Å². The van der Waals surface area contributed by atoms with Gasteiger partial charge in [0.15, 0.2) is 0 Å². The van der Waals surface area contributed by atoms with Gasteiger partial charge in [0, 0.05) is 6.54 Å². The molecule has 1 heterocycles. The zero-order valence-electron chi connectivity index (χ0n) is 11.0. The van der Waals surface area contributed by atoms with Crippen molar-refractivity contribution in [2.24, 2.45) is 5.92 Å². The van der Waals surface area contributed by atoms with Gasteiger partial charge in [0.05, 0.1) is 18.7 Å². The van der Waals surface area contributed by atoms with Crippen molar-refractivity contribution in [3.63, 3.8) is 0 Å². The molecule has 98 valence electrons. The summed E-state index contributed by atoms with van der Waals surface area (Å²) < 4.78 is 5.23. The van der Waals surface area contributed by atoms with Gasteiger partial charge in [-0.05, 0) is 38.6 Å². The lowest BCUT2D eigenvalue weighted by Gasteiger charge is -2.28. The van der Waals surface area contributed by atoms with Crippen LogP contribution >= 0.6 is 0 Å². The van der Waals surface area contributed by atoms with Crippen LogP contribution in [0.1, 0.15) is 12.8 Å². The standard InChI is InChI=1S/C14H20N2O2/c1-16-9-5-6-11(10-16)14(17)15-12-7-3-4-8-13(12)18-2/h3-4,7-8,11H,5-6,9-10H2,1-2H3,(H,15,17). The summed E-state index contributed by atoms with van der Waals surface area (Å²) in [7, 11) is 3.67. The molecule has 0 spiro atoms. The number of anilines is 1. The lowest BCUT2D eigenvalue weighted by molar-refractivity contribution is -0.121. The van der Waals surface area contributed by atoms with Crippen molar-refractivity contribution in [2.75, 3.05) is 32.6 Å². The van der Waals surface area contributed by atoms with E-state index in [-0.39, 0.29) is 11.8 Å². The first-order valence-electron chi connectivity index (χ1n) is 6.33. The van der Waals surface area contributed by atoms with Crippen LogP contribution in [0.25, 0.3) is 0 Å². The highest BCUT2D eigenvalue weighted by Gasteiger charge is 2.24. The number of likely N-dealkylation sites (tertiary alicyclic amines) is 1. The summed E-state index contributed by atoms with van der Waals surface area (Å²) in [4.78, 5) is 14.4. The van der Waals surface area contributed by atoms with E-state index in [0.29, 0.717) is 5.75 Å². The van der Waals surface area contributed by atoms with Crippen molar-refractivity contribution in [2.45, 2.75) is 12.8 Å². The molecule has 1 N–H and O–H groups in total. The fourth-order valence-electron chi connectivity index (χ4n) is 2.36. The third-order valence-electron chi connectivity index (χ3n) is 3.36. The third kappa shape index (κ3) is 3.01. The maximum atomic E-state index is 12.2. The molecule has 2 rings (SSSR count). The molecule has 0 aliphatic carbocycles. The van der Waals surface area contributed by atoms with Crippen molar-refractivity contribution >= 4 is 11.6 Å². The molecule has 0 bridgehead atoms. The Kier molecular flexibility index (Phi) is 4.20. The van der Waals surface area contributed by atoms with Crippen LogP contribution in [-0.2, 0) is 4.79 Å². The molecule has 1 unspecified atom stereocenters. The molecule has 0 saturated carbocycles. The van der Waals surface area contributed by atoms with Crippen molar-refractivity contribution in [1.82, 2.24) is 4.90 Å². The summed E-state index contributed by atoms with van der Waals surface area (Å²) in [6.45, 7) is 1.92. The first-order chi connectivity index (χ1) is 8.70. The van der Waals surface area contributed by atoms with Crippen LogP contribution in [0.3, 0.4) is 0 Å². The predicted molar refractivity (Wildman–Crippen MR) is 71.8 cm³/mol. The normalized spacial score (nSPS) is 20.4. The fraction of sp³-hybridized carbons (Fsp3) is 0.500. The number of amides is 1. The van der Waals surface area contributed by atoms with Crippen LogP contribution in [0.2, 0.25) is 0 Å². The number of hydrogen-bond donors (Lipinski definition) is 1. The Morgan fingerprint density at radius 1 is 1.44 bits per heavy atom. The number of rotatable bonds is 3. The Morgan fingerprint density at radius 2 is 2.22 bits per heavy atom. The van der Waals surface area contributed by atoms with E-state index in [4.69, 9.17) is 4.74 Å². The lowest BCUT2D eigenvalue weighted by Crippen LogP contribution is -2.38. The van der Waals surface area contributed by atoms with Crippen molar-refractivity contribution in [1.29, 1.82) is 0 Å². The first-order valence-corrected chi connectivity index (χ1v) is 6.33. The lowest BCUT2D eigenvalue weighted by atomic mass is 9.97. The van der Waals surface area contributed by atoms with Gasteiger partial charge in [0.1, 0.15) is 5.75 Å². The zero-order valence-corrected chi connectivity index (χ0v) is 11.0. The SMILES string of the molecule is COc1ccccc1NC(=O)C1CCCN(C)C1. The summed E-state index contributed by atoms with van der Waals surface area (Å²) in [6.07, 6.45) is 2.05. The summed E-state index contributed by atoms with van der Waals surface area (Å²) in [5.74, 6) is 0.870. The first kappa shape index (κ1) is 12.9. The molecular weight excluding hydrogens is 228 g/mol. The van der Waals surface area contributed by atoms with E-state index >= 15 is 0 Å². The van der Waals surface area contributed by atoms with Gasteiger partial charge in [-0.3, -0.25) is 4.79 Å². The van der Waals surface area contributed by atoms with E-state index in [2.05, 4.69) is 17.3 Å². The molecular formula is C14H20N2O2. The monoisotopic (exact) mass is 248 g/mol. The summed E-state index contributed by atoms with van der Waals surface area (Å²) in [6, 6.07) is 7.50. The predicted octanol–water partition coefficient (Wildman–Crippen LogP) is 1.98. The Labute approximate surface area is 108 Å². The van der Waals surface area contributed by atoms with Crippen LogP contribution in [0, 0.1) is 5.92 Å². The van der Waals surface area contributed by atoms with E-state index in [0.717, 1.165) is 31.6 Å². The van der Waals surface area contributed by atoms with Gasteiger partial charge in [0.25, 0.3) is 0 Å². The minimum Gasteiger partial charge on any atom is -0.495 e. The molecule has 1 atom stereocenters. The molecule has 18 heavy (non-hydrogen) atoms. The Bertz CT molecular complexity index is 420. The molecule has 1 fully saturated rings. The highest BCUT2D eigenvalue weighted by atomic mass is 16.5. The maximum absolute atomic E-state index is 12.2. The van der Waals surface area contributed by atoms with Gasteiger partial charge in [-0.2, -0.15) is 0 Å². The number of nitrogens with zero attached hydrogens (tertiary/aromatic N) is 1. The molecule has 4 nitrogen and oxygen atoms in total. The summed E-state index contributed by atoms with van der Waals surface area (Å²) >= 11 is 0. The Hall–Kier alpha value is -1.55. The van der Waals surface area contributed by atoms with Crippen molar-refractivity contribution in [3.8, 4) is 5.75 Å². The zero-order chi connectivity index (χ0) is 13.0. The summed E-state index contributed by atoms with van der Waals surface area (Å²) in [5, 5.41) is 2.96. The molecule has 1 aromatic carbocycles. The number of hydrogen-bond acceptors (Lipinski definition) is 3. The number of para-hydroxylation sites is 2. The van der Waals surface area contributed by atoms with Gasteiger partial charge < -0.3 is 15.0 Å². The van der Waals surface area contributed by atoms with Crippen LogP contribution in [0.4, 0.5) is 5.69 Å². The topological polar surface area (TPSA) is 41.6 Å². The quantitative estimate of drug-likeness (QED) is 0.889. The highest BCUT2D eigenvalue weighted by molar-refractivity contribution is 5.94. The second kappa shape index (κ2) is 5.87. The number of nitrogens with one attached hydrogen (secondary N) is 1. The van der Waals surface area contributed by atoms with E-state index < -0.39 is 0 Å². The Balaban J connectivity index is 2.02. The van der Waals surface area contributed by atoms with Crippen LogP contribution in [-0.4, -0.2) is 38.1 Å². The molecule has 0 aromatic heterocycles. The molecule has 1 aliphatic heterocycles. The average molecular weight is 248 g/mol. The number of piperidine rings is 1. The van der Waals surface area contributed by atoms with Gasteiger partial charge in [-0.25, -0.2) is 0 Å². The number of methoxy groups -OCH3 is 1. The fourth-order valence-corrected chi connectivity index (χ4v) is 2.36. The molecule has 1 aromatic rings. The minimum absolute atomic E-state index is 0.0775. The molecule has 4 heteroatoms. The highest BCUT2D eigenvalue weighted by Crippen LogP contribution is 2.25. The molecule has 1 amide bonds. The maximum Gasteiger partial charge on any atom is 0.228 e. The second-order valence-electron chi connectivity index (χ2n) is 4.79. The number of carbonyl (C=O) groups excluding carboxylic acids is 1. The third-order valence-corrected chi connectivity index (χ3v) is 3.36. The number of benzene rings is 1. The van der Waals surface area contributed by atoms with Crippen LogP contribution in [0.15, 0.2) is 24.3 Å². The smallest absolute Gasteiger partial charge is 0.228 e. The van der Waals surface area contributed by atoms with Crippen molar-refractivity contribution < 1.29 is 9.53 Å². The molecule has 0 radical (unpaired) electrons. The largest absolute Gasteiger partial charge is 0.495 e. The summed E-state index contributed by atoms with van der Waals surface area (Å²) in [5.41, 5.74) is 0.748. The van der Waals surface area contributed by atoms with E-state index in [1.54, 1.807) is 7.11 Å². The average Bonchev–Trinajstić information content (AvgIpc) is 2.39. The number of ether oxygens (including phenoxy) is 1. The Morgan fingerprint density at radius 3 is 2.94 bits per heavy atom. The number of carbonyl (C=O) groups is 1. The van der Waals surface area contributed by atoms with Gasteiger partial charge in [0.2, 0.25) is 5.91 Å². The van der Waals surface area contributed by atoms with E-state index in [1.165, 1.54) is 0 Å². The van der Waals surface area contributed by atoms with Gasteiger partial charge in [-0.1, -0.05) is 12.1 Å². The molecule has 1 saturated heterocycles. The minimum atomic E-state index is 0.0775. The van der Waals surface area contributed by atoms with Crippen LogP contribution in [0.5, 0.6) is 5.75 Å². The van der Waals surface area contributed by atoms with E-state index in [9.17, 15) is 4.79 Å². The molecule has 1 aliphatic rings. The van der Waals surface area contributed by atoms with Gasteiger partial charge >= 0.3 is 0 Å². The van der Waals surface area contributed by atoms with Crippen LogP contribution < -0.4 is 10.1 Å². The second-order valence-corrected chi connectivity index (χ2v) is 4.79. The van der Waals surface area contributed by atoms with Crippen molar-refractivity contribution in [3.05, 3.63) is 24.3 Å².